The number of nitrogens with one attached hydrogen (secondary N) is 1. The van der Waals surface area contributed by atoms with E-state index in [2.05, 4.69) is 15.3 Å². The van der Waals surface area contributed by atoms with Crippen molar-refractivity contribution in [1.29, 1.82) is 0 Å². The van der Waals surface area contributed by atoms with Crippen LogP contribution in [0.15, 0.2) is 36.5 Å². The first kappa shape index (κ1) is 19.0. The Hall–Kier alpha value is -2.74. The maximum atomic E-state index is 13.6. The number of amides is 1. The highest BCUT2D eigenvalue weighted by molar-refractivity contribution is 5.78. The SMILES string of the molecule is O=C(O)Cn1ccc([C@@H]2CCCN(CC(=O)NCc3ccccc3F)C2)n1. The van der Waals surface area contributed by atoms with E-state index in [1.165, 1.54) is 10.7 Å². The van der Waals surface area contributed by atoms with Crippen LogP contribution in [0.1, 0.15) is 30.0 Å². The Balaban J connectivity index is 1.50. The van der Waals surface area contributed by atoms with Gasteiger partial charge < -0.3 is 10.4 Å². The van der Waals surface area contributed by atoms with E-state index in [0.717, 1.165) is 25.1 Å². The lowest BCUT2D eigenvalue weighted by Crippen LogP contribution is -2.42. The number of hydrogen-bond acceptors (Lipinski definition) is 4. The molecule has 0 radical (unpaired) electrons. The van der Waals surface area contributed by atoms with Crippen molar-refractivity contribution in [3.63, 3.8) is 0 Å². The number of halogens is 1. The van der Waals surface area contributed by atoms with Gasteiger partial charge in [0.15, 0.2) is 0 Å². The molecule has 1 fully saturated rings. The molecule has 0 aliphatic carbocycles. The fourth-order valence-corrected chi connectivity index (χ4v) is 3.36. The van der Waals surface area contributed by atoms with E-state index in [-0.39, 0.29) is 37.3 Å². The third-order valence-electron chi connectivity index (χ3n) is 4.68. The van der Waals surface area contributed by atoms with E-state index in [1.54, 1.807) is 24.4 Å². The van der Waals surface area contributed by atoms with E-state index in [0.29, 0.717) is 12.1 Å². The van der Waals surface area contributed by atoms with Crippen molar-refractivity contribution in [2.24, 2.45) is 0 Å². The van der Waals surface area contributed by atoms with Crippen molar-refractivity contribution in [3.05, 3.63) is 53.6 Å². The van der Waals surface area contributed by atoms with Crippen LogP contribution in [0.4, 0.5) is 4.39 Å². The minimum absolute atomic E-state index is 0.143. The molecule has 1 aromatic heterocycles. The normalized spacial score (nSPS) is 17.6. The highest BCUT2D eigenvalue weighted by Gasteiger charge is 2.24. The topological polar surface area (TPSA) is 87.5 Å². The summed E-state index contributed by atoms with van der Waals surface area (Å²) >= 11 is 0. The number of benzene rings is 1. The van der Waals surface area contributed by atoms with Gasteiger partial charge in [-0.1, -0.05) is 18.2 Å². The Morgan fingerprint density at radius 1 is 1.26 bits per heavy atom. The first-order chi connectivity index (χ1) is 13.0. The predicted molar refractivity (Wildman–Crippen MR) is 96.5 cm³/mol. The summed E-state index contributed by atoms with van der Waals surface area (Å²) in [5.41, 5.74) is 1.32. The molecule has 8 heteroatoms. The van der Waals surface area contributed by atoms with Crippen LogP contribution in [-0.2, 0) is 22.7 Å². The minimum Gasteiger partial charge on any atom is -0.480 e. The molecule has 0 bridgehead atoms. The zero-order valence-corrected chi connectivity index (χ0v) is 15.0. The van der Waals surface area contributed by atoms with Crippen LogP contribution in [0.25, 0.3) is 0 Å². The second kappa shape index (κ2) is 8.77. The predicted octanol–water partition coefficient (Wildman–Crippen LogP) is 1.60. The molecule has 1 aliphatic heterocycles. The number of likely N-dealkylation sites (tertiary alicyclic amines) is 1. The molecule has 0 spiro atoms. The van der Waals surface area contributed by atoms with Gasteiger partial charge in [-0.3, -0.25) is 19.2 Å². The summed E-state index contributed by atoms with van der Waals surface area (Å²) in [6.07, 6.45) is 3.57. The van der Waals surface area contributed by atoms with E-state index in [1.807, 2.05) is 6.07 Å². The van der Waals surface area contributed by atoms with Gasteiger partial charge in [0, 0.05) is 30.8 Å². The smallest absolute Gasteiger partial charge is 0.325 e. The molecule has 2 N–H and O–H groups in total. The Morgan fingerprint density at radius 2 is 2.07 bits per heavy atom. The Labute approximate surface area is 156 Å². The fourth-order valence-electron chi connectivity index (χ4n) is 3.36. The highest BCUT2D eigenvalue weighted by atomic mass is 19.1. The average Bonchev–Trinajstić information content (AvgIpc) is 3.09. The van der Waals surface area contributed by atoms with Crippen LogP contribution in [0.3, 0.4) is 0 Å². The third kappa shape index (κ3) is 5.37. The fraction of sp³-hybridized carbons (Fsp3) is 0.421. The molecule has 1 aliphatic rings. The molecule has 144 valence electrons. The summed E-state index contributed by atoms with van der Waals surface area (Å²) < 4.78 is 15.0. The van der Waals surface area contributed by atoms with Gasteiger partial charge in [0.05, 0.1) is 12.2 Å². The van der Waals surface area contributed by atoms with Crippen LogP contribution in [0.2, 0.25) is 0 Å². The first-order valence-electron chi connectivity index (χ1n) is 8.99. The molecule has 0 saturated carbocycles. The molecule has 2 aromatic rings. The zero-order chi connectivity index (χ0) is 19.2. The van der Waals surface area contributed by atoms with Crippen LogP contribution in [0.5, 0.6) is 0 Å². The number of aromatic nitrogens is 2. The molecule has 1 amide bonds. The third-order valence-corrected chi connectivity index (χ3v) is 4.68. The lowest BCUT2D eigenvalue weighted by atomic mass is 9.95. The molecule has 7 nitrogen and oxygen atoms in total. The van der Waals surface area contributed by atoms with Crippen molar-refractivity contribution < 1.29 is 19.1 Å². The zero-order valence-electron chi connectivity index (χ0n) is 15.0. The molecule has 2 heterocycles. The molecular weight excluding hydrogens is 351 g/mol. The average molecular weight is 374 g/mol. The van der Waals surface area contributed by atoms with E-state index in [4.69, 9.17) is 5.11 Å². The van der Waals surface area contributed by atoms with Crippen molar-refractivity contribution >= 4 is 11.9 Å². The standard InChI is InChI=1S/C19H23FN4O3/c20-16-6-2-1-4-14(16)10-21-18(25)12-23-8-3-5-15(11-23)17-7-9-24(22-17)13-19(26)27/h1-2,4,6-7,9,15H,3,5,8,10-13H2,(H,21,25)(H,26,27)/t15-/m1/s1. The molecule has 1 saturated heterocycles. The van der Waals surface area contributed by atoms with Crippen LogP contribution >= 0.6 is 0 Å². The molecular formula is C19H23FN4O3. The molecule has 0 unspecified atom stereocenters. The summed E-state index contributed by atoms with van der Waals surface area (Å²) in [7, 11) is 0. The van der Waals surface area contributed by atoms with Crippen LogP contribution < -0.4 is 5.32 Å². The van der Waals surface area contributed by atoms with Gasteiger partial charge in [0.25, 0.3) is 0 Å². The number of hydrogen-bond donors (Lipinski definition) is 2. The first-order valence-corrected chi connectivity index (χ1v) is 8.99. The van der Waals surface area contributed by atoms with Gasteiger partial charge in [-0.2, -0.15) is 5.10 Å². The van der Waals surface area contributed by atoms with E-state index >= 15 is 0 Å². The van der Waals surface area contributed by atoms with Crippen molar-refractivity contribution in [3.8, 4) is 0 Å². The lowest BCUT2D eigenvalue weighted by Gasteiger charge is -2.31. The van der Waals surface area contributed by atoms with Gasteiger partial charge >= 0.3 is 5.97 Å². The molecule has 1 atom stereocenters. The van der Waals surface area contributed by atoms with Crippen LogP contribution in [0, 0.1) is 5.82 Å². The largest absolute Gasteiger partial charge is 0.480 e. The number of aliphatic carboxylic acids is 1. The van der Waals surface area contributed by atoms with E-state index in [9.17, 15) is 14.0 Å². The number of carbonyl (C=O) groups excluding carboxylic acids is 1. The van der Waals surface area contributed by atoms with Crippen molar-refractivity contribution in [2.45, 2.75) is 31.8 Å². The summed E-state index contributed by atoms with van der Waals surface area (Å²) in [5.74, 6) is -1.22. The maximum absolute atomic E-state index is 13.6. The molecule has 27 heavy (non-hydrogen) atoms. The van der Waals surface area contributed by atoms with Gasteiger partial charge in [-0.05, 0) is 31.5 Å². The van der Waals surface area contributed by atoms with Crippen LogP contribution in [-0.4, -0.2) is 51.3 Å². The molecule has 1 aromatic carbocycles. The Morgan fingerprint density at radius 3 is 2.85 bits per heavy atom. The Kier molecular flexibility index (Phi) is 6.18. The van der Waals surface area contributed by atoms with Gasteiger partial charge in [0.1, 0.15) is 12.4 Å². The molecule has 3 rings (SSSR count). The number of nitrogens with zero attached hydrogens (tertiary/aromatic N) is 3. The quantitative estimate of drug-likeness (QED) is 0.769. The Bertz CT molecular complexity index is 808. The monoisotopic (exact) mass is 374 g/mol. The maximum Gasteiger partial charge on any atom is 0.325 e. The summed E-state index contributed by atoms with van der Waals surface area (Å²) in [5, 5.41) is 15.9. The summed E-state index contributed by atoms with van der Waals surface area (Å²) in [6, 6.07) is 8.23. The summed E-state index contributed by atoms with van der Waals surface area (Å²) in [6.45, 7) is 1.77. The number of carboxylic acids is 1. The number of carbonyl (C=O) groups is 2. The number of rotatable bonds is 7. The second-order valence-corrected chi connectivity index (χ2v) is 6.77. The van der Waals surface area contributed by atoms with Gasteiger partial charge in [-0.15, -0.1) is 0 Å². The van der Waals surface area contributed by atoms with E-state index < -0.39 is 5.97 Å². The second-order valence-electron chi connectivity index (χ2n) is 6.77. The lowest BCUT2D eigenvalue weighted by molar-refractivity contribution is -0.137. The van der Waals surface area contributed by atoms with Crippen molar-refractivity contribution in [1.82, 2.24) is 20.0 Å². The summed E-state index contributed by atoms with van der Waals surface area (Å²) in [4.78, 5) is 25.0. The highest BCUT2D eigenvalue weighted by Crippen LogP contribution is 2.25. The number of piperidine rings is 1. The minimum atomic E-state index is -0.929. The van der Waals surface area contributed by atoms with Gasteiger partial charge in [0.2, 0.25) is 5.91 Å². The number of carboxylic acid groups (broad SMARTS) is 1. The van der Waals surface area contributed by atoms with Crippen molar-refractivity contribution in [2.75, 3.05) is 19.6 Å². The van der Waals surface area contributed by atoms with Gasteiger partial charge in [-0.25, -0.2) is 4.39 Å².